The summed E-state index contributed by atoms with van der Waals surface area (Å²) in [5.41, 5.74) is 3.76. The van der Waals surface area contributed by atoms with Crippen LogP contribution in [0, 0.1) is 6.92 Å². The van der Waals surface area contributed by atoms with Crippen molar-refractivity contribution in [1.82, 2.24) is 0 Å². The number of hydrogen-bond donors (Lipinski definition) is 0. The van der Waals surface area contributed by atoms with Crippen LogP contribution in [0.2, 0.25) is 0 Å². The Bertz CT molecular complexity index is 448. The zero-order valence-electron chi connectivity index (χ0n) is 13.2. The zero-order valence-corrected chi connectivity index (χ0v) is 14.2. The van der Waals surface area contributed by atoms with E-state index in [-0.39, 0.29) is 0 Å². The minimum atomic E-state index is -1.43. The molecule has 20 heavy (non-hydrogen) atoms. The van der Waals surface area contributed by atoms with Crippen molar-refractivity contribution in [3.8, 4) is 0 Å². The van der Waals surface area contributed by atoms with Gasteiger partial charge in [-0.3, -0.25) is 0 Å². The van der Waals surface area contributed by atoms with Gasteiger partial charge in [-0.15, -0.1) is 0 Å². The molecule has 0 N–H and O–H groups in total. The zero-order chi connectivity index (χ0) is 15.0. The van der Waals surface area contributed by atoms with Gasteiger partial charge in [-0.25, -0.2) is 0 Å². The van der Waals surface area contributed by atoms with E-state index in [2.05, 4.69) is 58.9 Å². The van der Waals surface area contributed by atoms with E-state index in [0.717, 1.165) is 0 Å². The summed E-state index contributed by atoms with van der Waals surface area (Å²) in [5, 5.41) is 1.20. The molecule has 1 rings (SSSR count). The van der Waals surface area contributed by atoms with Gasteiger partial charge in [-0.05, 0) is 45.4 Å². The average Bonchev–Trinajstić information content (AvgIpc) is 2.37. The third kappa shape index (κ3) is 6.33. The summed E-state index contributed by atoms with van der Waals surface area (Å²) < 4.78 is 12.0. The largest absolute Gasteiger partial charge is 0.424 e. The number of rotatable bonds is 7. The monoisotopic (exact) mass is 289 g/mol. The summed E-state index contributed by atoms with van der Waals surface area (Å²) in [4.78, 5) is 0. The molecular weight excluding hydrogens is 264 g/mol. The first-order chi connectivity index (χ1) is 9.50. The van der Waals surface area contributed by atoms with Crippen molar-refractivity contribution in [2.24, 2.45) is 0 Å². The quantitative estimate of drug-likeness (QED) is 0.563. The molecule has 0 spiro atoms. The molecule has 0 saturated carbocycles. The molecular formula is C17H25O2Si. The SMILES string of the molecule is CC(C)=CCO[Si](OCC=C(C)C)c1ccccc1C. The normalized spacial score (nSPS) is 10.5. The molecule has 1 radical (unpaired) electrons. The molecule has 0 unspecified atom stereocenters. The number of aryl methyl sites for hydroxylation is 1. The first-order valence-corrected chi connectivity index (χ1v) is 8.27. The molecule has 0 amide bonds. The van der Waals surface area contributed by atoms with E-state index in [1.165, 1.54) is 21.9 Å². The van der Waals surface area contributed by atoms with Gasteiger partial charge in [-0.2, -0.15) is 0 Å². The molecule has 0 aliphatic heterocycles. The first-order valence-electron chi connectivity index (χ1n) is 6.96. The fourth-order valence-electron chi connectivity index (χ4n) is 1.57. The second kappa shape index (κ2) is 8.90. The van der Waals surface area contributed by atoms with Crippen LogP contribution in [0.1, 0.15) is 33.3 Å². The summed E-state index contributed by atoms with van der Waals surface area (Å²) in [5.74, 6) is 0. The van der Waals surface area contributed by atoms with Crippen LogP contribution < -0.4 is 5.19 Å². The molecule has 1 aromatic carbocycles. The van der Waals surface area contributed by atoms with Gasteiger partial charge in [0.05, 0.1) is 13.2 Å². The summed E-state index contributed by atoms with van der Waals surface area (Å²) >= 11 is 0. The molecule has 0 atom stereocenters. The van der Waals surface area contributed by atoms with Crippen molar-refractivity contribution >= 4 is 14.5 Å². The summed E-state index contributed by atoms with van der Waals surface area (Å²) in [7, 11) is -1.43. The predicted molar refractivity (Wildman–Crippen MR) is 87.3 cm³/mol. The molecule has 0 aliphatic rings. The highest BCUT2D eigenvalue weighted by molar-refractivity contribution is 6.61. The Morgan fingerprint density at radius 2 is 1.45 bits per heavy atom. The Hall–Kier alpha value is -1.16. The van der Waals surface area contributed by atoms with Crippen LogP contribution in [0.4, 0.5) is 0 Å². The summed E-state index contributed by atoms with van der Waals surface area (Å²) in [6.07, 6.45) is 4.18. The van der Waals surface area contributed by atoms with E-state index in [1.807, 2.05) is 12.1 Å². The Balaban J connectivity index is 2.76. The van der Waals surface area contributed by atoms with E-state index < -0.39 is 9.28 Å². The number of allylic oxidation sites excluding steroid dienone is 2. The van der Waals surface area contributed by atoms with Crippen molar-refractivity contribution in [2.45, 2.75) is 34.6 Å². The second-order valence-corrected chi connectivity index (χ2v) is 6.98. The van der Waals surface area contributed by atoms with Gasteiger partial charge in [0, 0.05) is 0 Å². The molecule has 1 aromatic rings. The van der Waals surface area contributed by atoms with Gasteiger partial charge in [-0.1, -0.05) is 47.6 Å². The third-order valence-corrected chi connectivity index (χ3v) is 4.64. The van der Waals surface area contributed by atoms with Gasteiger partial charge < -0.3 is 8.85 Å². The van der Waals surface area contributed by atoms with Gasteiger partial charge in [0.1, 0.15) is 0 Å². The maximum absolute atomic E-state index is 5.98. The standard InChI is InChI=1S/C17H25O2Si/c1-14(2)10-12-18-20(19-13-11-15(3)4)17-9-7-6-8-16(17)5/h6-11H,12-13H2,1-5H3. The van der Waals surface area contributed by atoms with Crippen molar-refractivity contribution in [3.63, 3.8) is 0 Å². The van der Waals surface area contributed by atoms with Gasteiger partial charge >= 0.3 is 9.28 Å². The maximum Gasteiger partial charge on any atom is 0.424 e. The van der Waals surface area contributed by atoms with Crippen LogP contribution in [0.3, 0.4) is 0 Å². The minimum Gasteiger partial charge on any atom is -0.386 e. The van der Waals surface area contributed by atoms with E-state index in [9.17, 15) is 0 Å². The molecule has 0 bridgehead atoms. The Morgan fingerprint density at radius 3 is 1.90 bits per heavy atom. The van der Waals surface area contributed by atoms with Crippen LogP contribution >= 0.6 is 0 Å². The lowest BCUT2D eigenvalue weighted by Gasteiger charge is -2.16. The molecule has 0 aliphatic carbocycles. The Kier molecular flexibility index (Phi) is 7.52. The van der Waals surface area contributed by atoms with Crippen LogP contribution in [-0.2, 0) is 8.85 Å². The molecule has 0 heterocycles. The van der Waals surface area contributed by atoms with E-state index >= 15 is 0 Å². The van der Waals surface area contributed by atoms with E-state index in [0.29, 0.717) is 13.2 Å². The Morgan fingerprint density at radius 1 is 0.950 bits per heavy atom. The molecule has 0 saturated heterocycles. The third-order valence-electron chi connectivity index (χ3n) is 2.78. The fourth-order valence-corrected chi connectivity index (χ4v) is 3.07. The lowest BCUT2D eigenvalue weighted by atomic mass is 10.2. The van der Waals surface area contributed by atoms with Crippen molar-refractivity contribution in [1.29, 1.82) is 0 Å². The highest BCUT2D eigenvalue weighted by Crippen LogP contribution is 2.01. The predicted octanol–water partition coefficient (Wildman–Crippen LogP) is 3.66. The number of hydrogen-bond acceptors (Lipinski definition) is 2. The molecule has 3 heteroatoms. The topological polar surface area (TPSA) is 18.5 Å². The first kappa shape index (κ1) is 16.9. The number of benzene rings is 1. The van der Waals surface area contributed by atoms with E-state index in [4.69, 9.17) is 8.85 Å². The molecule has 0 aromatic heterocycles. The lowest BCUT2D eigenvalue weighted by molar-refractivity contribution is 0.244. The van der Waals surface area contributed by atoms with Crippen LogP contribution in [0.5, 0.6) is 0 Å². The Labute approximate surface area is 125 Å². The second-order valence-electron chi connectivity index (χ2n) is 5.29. The smallest absolute Gasteiger partial charge is 0.386 e. The maximum atomic E-state index is 5.98. The molecule has 2 nitrogen and oxygen atoms in total. The van der Waals surface area contributed by atoms with Crippen molar-refractivity contribution < 1.29 is 8.85 Å². The van der Waals surface area contributed by atoms with Gasteiger partial charge in [0.15, 0.2) is 0 Å². The highest BCUT2D eigenvalue weighted by Gasteiger charge is 2.20. The lowest BCUT2D eigenvalue weighted by Crippen LogP contribution is -2.38. The highest BCUT2D eigenvalue weighted by atomic mass is 28.3. The van der Waals surface area contributed by atoms with Crippen LogP contribution in [-0.4, -0.2) is 22.5 Å². The van der Waals surface area contributed by atoms with Crippen LogP contribution in [0.15, 0.2) is 47.6 Å². The summed E-state index contributed by atoms with van der Waals surface area (Å²) in [6.45, 7) is 11.6. The van der Waals surface area contributed by atoms with Crippen molar-refractivity contribution in [3.05, 3.63) is 53.1 Å². The molecule has 109 valence electrons. The minimum absolute atomic E-state index is 0.611. The van der Waals surface area contributed by atoms with E-state index in [1.54, 1.807) is 0 Å². The summed E-state index contributed by atoms with van der Waals surface area (Å²) in [6, 6.07) is 8.30. The van der Waals surface area contributed by atoms with Crippen LogP contribution in [0.25, 0.3) is 0 Å². The van der Waals surface area contributed by atoms with Crippen molar-refractivity contribution in [2.75, 3.05) is 13.2 Å². The molecule has 0 fully saturated rings. The van der Waals surface area contributed by atoms with Gasteiger partial charge in [0.2, 0.25) is 0 Å². The fraction of sp³-hybridized carbons (Fsp3) is 0.412. The average molecular weight is 289 g/mol. The van der Waals surface area contributed by atoms with Gasteiger partial charge in [0.25, 0.3) is 0 Å².